The van der Waals surface area contributed by atoms with Gasteiger partial charge in [0.25, 0.3) is 0 Å². The lowest BCUT2D eigenvalue weighted by Gasteiger charge is -2.17. The minimum atomic E-state index is -0.636. The third kappa shape index (κ3) is 3.93. The van der Waals surface area contributed by atoms with Crippen molar-refractivity contribution in [3.05, 3.63) is 71.8 Å². The van der Waals surface area contributed by atoms with Gasteiger partial charge in [-0.05, 0) is 24.5 Å². The number of rotatable bonds is 5. The molecule has 0 fully saturated rings. The molecule has 0 aliphatic rings. The predicted octanol–water partition coefficient (Wildman–Crippen LogP) is 2.86. The molecular formula is C17H19NO2. The van der Waals surface area contributed by atoms with Crippen molar-refractivity contribution >= 4 is 5.97 Å². The van der Waals surface area contributed by atoms with Crippen LogP contribution in [0.2, 0.25) is 0 Å². The topological polar surface area (TPSA) is 52.3 Å². The molecule has 0 aliphatic carbocycles. The summed E-state index contributed by atoms with van der Waals surface area (Å²) in [5, 5.41) is 0. The lowest BCUT2D eigenvalue weighted by molar-refractivity contribution is -0.150. The SMILES string of the molecule is CC(OC(=O)C(N)Cc1ccccc1)c1ccccc1. The fourth-order valence-corrected chi connectivity index (χ4v) is 2.01. The van der Waals surface area contributed by atoms with Crippen LogP contribution in [0, 0.1) is 0 Å². The van der Waals surface area contributed by atoms with Crippen molar-refractivity contribution in [1.82, 2.24) is 0 Å². The fourth-order valence-electron chi connectivity index (χ4n) is 2.01. The molecule has 0 saturated carbocycles. The molecule has 2 rings (SSSR count). The number of hydrogen-bond acceptors (Lipinski definition) is 3. The summed E-state index contributed by atoms with van der Waals surface area (Å²) in [5.41, 5.74) is 7.90. The molecule has 2 unspecified atom stereocenters. The number of hydrogen-bond donors (Lipinski definition) is 1. The smallest absolute Gasteiger partial charge is 0.323 e. The summed E-state index contributed by atoms with van der Waals surface area (Å²) in [6, 6.07) is 18.7. The first-order chi connectivity index (χ1) is 9.66. The maximum absolute atomic E-state index is 12.0. The van der Waals surface area contributed by atoms with Gasteiger partial charge in [0.2, 0.25) is 0 Å². The van der Waals surface area contributed by atoms with Gasteiger partial charge in [-0.15, -0.1) is 0 Å². The Bertz CT molecular complexity index is 539. The largest absolute Gasteiger partial charge is 0.457 e. The highest BCUT2D eigenvalue weighted by molar-refractivity contribution is 5.76. The standard InChI is InChI=1S/C17H19NO2/c1-13(15-10-6-3-7-11-15)20-17(19)16(18)12-14-8-4-2-5-9-14/h2-11,13,16H,12,18H2,1H3. The number of esters is 1. The zero-order valence-corrected chi connectivity index (χ0v) is 11.5. The number of ether oxygens (including phenoxy) is 1. The highest BCUT2D eigenvalue weighted by atomic mass is 16.5. The minimum Gasteiger partial charge on any atom is -0.457 e. The van der Waals surface area contributed by atoms with Gasteiger partial charge < -0.3 is 10.5 Å². The fraction of sp³-hybridized carbons (Fsp3) is 0.235. The first kappa shape index (κ1) is 14.3. The maximum Gasteiger partial charge on any atom is 0.323 e. The van der Waals surface area contributed by atoms with Gasteiger partial charge in [-0.1, -0.05) is 60.7 Å². The van der Waals surface area contributed by atoms with E-state index in [0.717, 1.165) is 11.1 Å². The van der Waals surface area contributed by atoms with Gasteiger partial charge in [-0.25, -0.2) is 0 Å². The quantitative estimate of drug-likeness (QED) is 0.849. The van der Waals surface area contributed by atoms with Crippen molar-refractivity contribution in [3.8, 4) is 0 Å². The molecule has 3 nitrogen and oxygen atoms in total. The van der Waals surface area contributed by atoms with Crippen LogP contribution >= 0.6 is 0 Å². The first-order valence-electron chi connectivity index (χ1n) is 6.72. The number of nitrogens with two attached hydrogens (primary N) is 1. The number of carbonyl (C=O) groups excluding carboxylic acids is 1. The van der Waals surface area contributed by atoms with Gasteiger partial charge in [0.05, 0.1) is 0 Å². The summed E-state index contributed by atoms with van der Waals surface area (Å²) >= 11 is 0. The van der Waals surface area contributed by atoms with E-state index in [2.05, 4.69) is 0 Å². The molecule has 20 heavy (non-hydrogen) atoms. The Balaban J connectivity index is 1.91. The van der Waals surface area contributed by atoms with E-state index >= 15 is 0 Å². The second-order valence-electron chi connectivity index (χ2n) is 4.79. The van der Waals surface area contributed by atoms with Crippen molar-refractivity contribution in [2.75, 3.05) is 0 Å². The van der Waals surface area contributed by atoms with E-state index in [0.29, 0.717) is 6.42 Å². The molecule has 3 heteroatoms. The van der Waals surface area contributed by atoms with E-state index in [4.69, 9.17) is 10.5 Å². The molecule has 104 valence electrons. The lowest BCUT2D eigenvalue weighted by atomic mass is 10.1. The van der Waals surface area contributed by atoms with E-state index in [-0.39, 0.29) is 12.1 Å². The molecule has 0 aliphatic heterocycles. The number of benzene rings is 2. The zero-order chi connectivity index (χ0) is 14.4. The Morgan fingerprint density at radius 1 is 1.05 bits per heavy atom. The molecule has 2 atom stereocenters. The Labute approximate surface area is 119 Å². The number of carbonyl (C=O) groups is 1. The summed E-state index contributed by atoms with van der Waals surface area (Å²) in [6.07, 6.45) is 0.201. The van der Waals surface area contributed by atoms with E-state index in [1.165, 1.54) is 0 Å². The molecule has 2 aromatic rings. The average molecular weight is 269 g/mol. The molecule has 0 amide bonds. The molecule has 0 aromatic heterocycles. The first-order valence-corrected chi connectivity index (χ1v) is 6.72. The summed E-state index contributed by atoms with van der Waals surface area (Å²) in [5.74, 6) is -0.370. The molecule has 0 heterocycles. The predicted molar refractivity (Wildman–Crippen MR) is 79.1 cm³/mol. The van der Waals surface area contributed by atoms with Gasteiger partial charge in [0.1, 0.15) is 12.1 Å². The summed E-state index contributed by atoms with van der Waals surface area (Å²) in [7, 11) is 0. The van der Waals surface area contributed by atoms with Crippen molar-refractivity contribution < 1.29 is 9.53 Å². The molecule has 2 aromatic carbocycles. The molecule has 0 bridgehead atoms. The van der Waals surface area contributed by atoms with Gasteiger partial charge in [-0.3, -0.25) is 4.79 Å². The van der Waals surface area contributed by atoms with Crippen LogP contribution in [0.5, 0.6) is 0 Å². The minimum absolute atomic E-state index is 0.287. The molecule has 0 saturated heterocycles. The van der Waals surface area contributed by atoms with Crippen molar-refractivity contribution in [2.45, 2.75) is 25.5 Å². The Morgan fingerprint density at radius 3 is 2.20 bits per heavy atom. The molecular weight excluding hydrogens is 250 g/mol. The van der Waals surface area contributed by atoms with E-state index < -0.39 is 6.04 Å². The van der Waals surface area contributed by atoms with Crippen LogP contribution in [0.15, 0.2) is 60.7 Å². The second kappa shape index (κ2) is 6.87. The highest BCUT2D eigenvalue weighted by Gasteiger charge is 2.19. The van der Waals surface area contributed by atoms with Crippen molar-refractivity contribution in [1.29, 1.82) is 0 Å². The highest BCUT2D eigenvalue weighted by Crippen LogP contribution is 2.17. The van der Waals surface area contributed by atoms with Crippen LogP contribution in [0.25, 0.3) is 0 Å². The van der Waals surface area contributed by atoms with Crippen LogP contribution in [0.4, 0.5) is 0 Å². The summed E-state index contributed by atoms with van der Waals surface area (Å²) < 4.78 is 5.41. The van der Waals surface area contributed by atoms with Crippen molar-refractivity contribution in [2.24, 2.45) is 5.73 Å². The average Bonchev–Trinajstić information content (AvgIpc) is 2.49. The Kier molecular flexibility index (Phi) is 4.91. The van der Waals surface area contributed by atoms with E-state index in [1.54, 1.807) is 0 Å². The van der Waals surface area contributed by atoms with Gasteiger partial charge in [0, 0.05) is 0 Å². The summed E-state index contributed by atoms with van der Waals surface area (Å²) in [6.45, 7) is 1.85. The van der Waals surface area contributed by atoms with E-state index in [1.807, 2.05) is 67.6 Å². The van der Waals surface area contributed by atoms with Crippen LogP contribution in [-0.4, -0.2) is 12.0 Å². The van der Waals surface area contributed by atoms with Crippen LogP contribution < -0.4 is 5.73 Å². The van der Waals surface area contributed by atoms with Crippen LogP contribution in [0.1, 0.15) is 24.2 Å². The van der Waals surface area contributed by atoms with Crippen molar-refractivity contribution in [3.63, 3.8) is 0 Å². The van der Waals surface area contributed by atoms with Gasteiger partial charge in [0.15, 0.2) is 0 Å². The van der Waals surface area contributed by atoms with Gasteiger partial charge in [-0.2, -0.15) is 0 Å². The van der Waals surface area contributed by atoms with Crippen LogP contribution in [0.3, 0.4) is 0 Å². The third-order valence-electron chi connectivity index (χ3n) is 3.16. The molecule has 0 spiro atoms. The Morgan fingerprint density at radius 2 is 1.60 bits per heavy atom. The second-order valence-corrected chi connectivity index (χ2v) is 4.79. The Hall–Kier alpha value is -2.13. The van der Waals surface area contributed by atoms with Crippen LogP contribution in [-0.2, 0) is 16.0 Å². The van der Waals surface area contributed by atoms with E-state index in [9.17, 15) is 4.79 Å². The summed E-state index contributed by atoms with van der Waals surface area (Å²) in [4.78, 5) is 12.0. The maximum atomic E-state index is 12.0. The third-order valence-corrected chi connectivity index (χ3v) is 3.16. The monoisotopic (exact) mass is 269 g/mol. The zero-order valence-electron chi connectivity index (χ0n) is 11.5. The molecule has 2 N–H and O–H groups in total. The molecule has 0 radical (unpaired) electrons. The lowest BCUT2D eigenvalue weighted by Crippen LogP contribution is -2.34. The normalized spacial score (nSPS) is 13.5. The van der Waals surface area contributed by atoms with Gasteiger partial charge >= 0.3 is 5.97 Å².